The standard InChI is InChI=1S/C20H16N2/c1-3-9-15(10-4-1)19-20(21-16-11-5-2-6-12-16)17-13-7-8-14-18(17)22-19/h1-14,21-22H. The SMILES string of the molecule is c1ccc(Nc2c(-c3ccccc3)[nH]c3ccccc23)cc1. The molecule has 0 aliphatic carbocycles. The molecule has 4 aromatic rings. The van der Waals surface area contributed by atoms with Gasteiger partial charge in [-0.1, -0.05) is 66.7 Å². The molecule has 0 aliphatic heterocycles. The van der Waals surface area contributed by atoms with E-state index < -0.39 is 0 Å². The average Bonchev–Trinajstić information content (AvgIpc) is 2.95. The van der Waals surface area contributed by atoms with Gasteiger partial charge in [0.2, 0.25) is 0 Å². The zero-order valence-corrected chi connectivity index (χ0v) is 12.1. The van der Waals surface area contributed by atoms with Crippen molar-refractivity contribution < 1.29 is 0 Å². The van der Waals surface area contributed by atoms with E-state index in [9.17, 15) is 0 Å². The van der Waals surface area contributed by atoms with Crippen molar-refractivity contribution in [3.63, 3.8) is 0 Å². The molecule has 2 nitrogen and oxygen atoms in total. The van der Waals surface area contributed by atoms with Gasteiger partial charge in [-0.3, -0.25) is 0 Å². The minimum absolute atomic E-state index is 1.09. The third kappa shape index (κ3) is 2.25. The number of fused-ring (bicyclic) bond motifs is 1. The fourth-order valence-electron chi connectivity index (χ4n) is 2.76. The summed E-state index contributed by atoms with van der Waals surface area (Å²) in [6.07, 6.45) is 0. The van der Waals surface area contributed by atoms with Crippen LogP contribution in [0.5, 0.6) is 0 Å². The van der Waals surface area contributed by atoms with Gasteiger partial charge in [0.25, 0.3) is 0 Å². The number of rotatable bonds is 3. The highest BCUT2D eigenvalue weighted by Crippen LogP contribution is 2.36. The van der Waals surface area contributed by atoms with Crippen molar-refractivity contribution >= 4 is 22.3 Å². The van der Waals surface area contributed by atoms with Crippen LogP contribution in [0, 0.1) is 0 Å². The Morgan fingerprint density at radius 2 is 1.27 bits per heavy atom. The lowest BCUT2D eigenvalue weighted by atomic mass is 10.1. The Hall–Kier alpha value is -3.00. The van der Waals surface area contributed by atoms with Crippen molar-refractivity contribution in [2.45, 2.75) is 0 Å². The minimum atomic E-state index is 1.09. The predicted molar refractivity (Wildman–Crippen MR) is 93.5 cm³/mol. The highest BCUT2D eigenvalue weighted by molar-refractivity contribution is 6.02. The van der Waals surface area contributed by atoms with Crippen molar-refractivity contribution in [1.82, 2.24) is 4.98 Å². The molecule has 0 saturated carbocycles. The molecule has 0 spiro atoms. The average molecular weight is 284 g/mol. The molecule has 2 N–H and O–H groups in total. The summed E-state index contributed by atoms with van der Waals surface area (Å²) >= 11 is 0. The molecule has 0 bridgehead atoms. The molecular weight excluding hydrogens is 268 g/mol. The van der Waals surface area contributed by atoms with Crippen LogP contribution in [0.1, 0.15) is 0 Å². The molecule has 0 fully saturated rings. The van der Waals surface area contributed by atoms with Crippen LogP contribution >= 0.6 is 0 Å². The van der Waals surface area contributed by atoms with Gasteiger partial charge in [0.1, 0.15) is 0 Å². The Kier molecular flexibility index (Phi) is 3.13. The Bertz CT molecular complexity index is 893. The van der Waals surface area contributed by atoms with E-state index in [0.717, 1.165) is 22.6 Å². The lowest BCUT2D eigenvalue weighted by Gasteiger charge is -2.08. The second-order valence-corrected chi connectivity index (χ2v) is 5.28. The Morgan fingerprint density at radius 3 is 2.05 bits per heavy atom. The van der Waals surface area contributed by atoms with Gasteiger partial charge in [0.05, 0.1) is 11.4 Å². The molecular formula is C20H16N2. The maximum absolute atomic E-state index is 3.56. The largest absolute Gasteiger partial charge is 0.353 e. The number of hydrogen-bond acceptors (Lipinski definition) is 1. The number of aromatic amines is 1. The molecule has 106 valence electrons. The lowest BCUT2D eigenvalue weighted by Crippen LogP contribution is -1.91. The highest BCUT2D eigenvalue weighted by atomic mass is 14.9. The summed E-state index contributed by atoms with van der Waals surface area (Å²) in [7, 11) is 0. The first kappa shape index (κ1) is 12.7. The fourth-order valence-corrected chi connectivity index (χ4v) is 2.76. The molecule has 1 heterocycles. The molecule has 4 rings (SSSR count). The second-order valence-electron chi connectivity index (χ2n) is 5.28. The first-order valence-electron chi connectivity index (χ1n) is 7.40. The second kappa shape index (κ2) is 5.41. The molecule has 22 heavy (non-hydrogen) atoms. The first-order chi connectivity index (χ1) is 10.9. The van der Waals surface area contributed by atoms with E-state index in [1.54, 1.807) is 0 Å². The quantitative estimate of drug-likeness (QED) is 0.505. The summed E-state index contributed by atoms with van der Waals surface area (Å²) in [6.45, 7) is 0. The normalized spacial score (nSPS) is 10.7. The van der Waals surface area contributed by atoms with Gasteiger partial charge >= 0.3 is 0 Å². The van der Waals surface area contributed by atoms with E-state index in [4.69, 9.17) is 0 Å². The van der Waals surface area contributed by atoms with E-state index in [0.29, 0.717) is 0 Å². The van der Waals surface area contributed by atoms with Crippen LogP contribution in [0.25, 0.3) is 22.2 Å². The molecule has 1 aromatic heterocycles. The molecule has 0 radical (unpaired) electrons. The number of hydrogen-bond donors (Lipinski definition) is 2. The van der Waals surface area contributed by atoms with E-state index in [1.807, 2.05) is 24.3 Å². The third-order valence-corrected chi connectivity index (χ3v) is 3.81. The monoisotopic (exact) mass is 284 g/mol. The summed E-state index contributed by atoms with van der Waals surface area (Å²) < 4.78 is 0. The molecule has 0 aliphatic rings. The molecule has 2 heteroatoms. The van der Waals surface area contributed by atoms with Crippen molar-refractivity contribution in [3.05, 3.63) is 84.9 Å². The molecule has 0 unspecified atom stereocenters. The molecule has 3 aromatic carbocycles. The fraction of sp³-hybridized carbons (Fsp3) is 0. The van der Waals surface area contributed by atoms with Gasteiger partial charge in [0.15, 0.2) is 0 Å². The van der Waals surface area contributed by atoms with Crippen molar-refractivity contribution in [2.24, 2.45) is 0 Å². The summed E-state index contributed by atoms with van der Waals surface area (Å²) in [5, 5.41) is 4.76. The number of H-pyrrole nitrogens is 1. The first-order valence-corrected chi connectivity index (χ1v) is 7.40. The number of aromatic nitrogens is 1. The van der Waals surface area contributed by atoms with Gasteiger partial charge in [-0.05, 0) is 18.2 Å². The zero-order valence-electron chi connectivity index (χ0n) is 12.1. The van der Waals surface area contributed by atoms with Crippen LogP contribution in [0.3, 0.4) is 0 Å². The van der Waals surface area contributed by atoms with Crippen LogP contribution in [-0.4, -0.2) is 4.98 Å². The number of nitrogens with one attached hydrogen (secondary N) is 2. The van der Waals surface area contributed by atoms with Crippen LogP contribution < -0.4 is 5.32 Å². The predicted octanol–water partition coefficient (Wildman–Crippen LogP) is 5.58. The van der Waals surface area contributed by atoms with E-state index in [-0.39, 0.29) is 0 Å². The Morgan fingerprint density at radius 1 is 0.636 bits per heavy atom. The number of para-hydroxylation sites is 2. The van der Waals surface area contributed by atoms with Gasteiger partial charge in [-0.25, -0.2) is 0 Å². The van der Waals surface area contributed by atoms with E-state index in [2.05, 4.69) is 71.0 Å². The van der Waals surface area contributed by atoms with Crippen molar-refractivity contribution in [2.75, 3.05) is 5.32 Å². The van der Waals surface area contributed by atoms with Crippen molar-refractivity contribution in [1.29, 1.82) is 0 Å². The summed E-state index contributed by atoms with van der Waals surface area (Å²) in [5.74, 6) is 0. The zero-order chi connectivity index (χ0) is 14.8. The van der Waals surface area contributed by atoms with Gasteiger partial charge in [0, 0.05) is 22.2 Å². The minimum Gasteiger partial charge on any atom is -0.353 e. The van der Waals surface area contributed by atoms with Crippen LogP contribution in [0.4, 0.5) is 11.4 Å². The Balaban J connectivity index is 1.91. The summed E-state index contributed by atoms with van der Waals surface area (Å²) in [4.78, 5) is 3.54. The van der Waals surface area contributed by atoms with Crippen molar-refractivity contribution in [3.8, 4) is 11.3 Å². The van der Waals surface area contributed by atoms with Crippen LogP contribution in [-0.2, 0) is 0 Å². The van der Waals surface area contributed by atoms with Gasteiger partial charge in [-0.15, -0.1) is 0 Å². The maximum atomic E-state index is 3.56. The number of benzene rings is 3. The molecule has 0 atom stereocenters. The Labute approximate surface area is 129 Å². The lowest BCUT2D eigenvalue weighted by molar-refractivity contribution is 1.44. The molecule has 0 saturated heterocycles. The van der Waals surface area contributed by atoms with Gasteiger partial charge < -0.3 is 10.3 Å². The van der Waals surface area contributed by atoms with Crippen LogP contribution in [0.2, 0.25) is 0 Å². The third-order valence-electron chi connectivity index (χ3n) is 3.81. The smallest absolute Gasteiger partial charge is 0.0724 e. The summed E-state index contributed by atoms with van der Waals surface area (Å²) in [5.41, 5.74) is 5.64. The molecule has 0 amide bonds. The summed E-state index contributed by atoms with van der Waals surface area (Å²) in [6, 6.07) is 29.1. The number of anilines is 2. The van der Waals surface area contributed by atoms with E-state index >= 15 is 0 Å². The topological polar surface area (TPSA) is 27.8 Å². The van der Waals surface area contributed by atoms with Gasteiger partial charge in [-0.2, -0.15) is 0 Å². The maximum Gasteiger partial charge on any atom is 0.0724 e. The van der Waals surface area contributed by atoms with Crippen LogP contribution in [0.15, 0.2) is 84.9 Å². The highest BCUT2D eigenvalue weighted by Gasteiger charge is 2.12. The van der Waals surface area contributed by atoms with E-state index in [1.165, 1.54) is 10.9 Å².